The molecule has 0 unspecified atom stereocenters. The molecule has 1 aromatic rings. The van der Waals surface area contributed by atoms with Gasteiger partial charge in [-0.05, 0) is 6.42 Å². The maximum absolute atomic E-state index is 5.28. The lowest BCUT2D eigenvalue weighted by Gasteiger charge is -1.96. The van der Waals surface area contributed by atoms with Gasteiger partial charge in [0.25, 0.3) is 0 Å². The Kier molecular flexibility index (Phi) is 8.39. The van der Waals surface area contributed by atoms with Crippen LogP contribution in [0.2, 0.25) is 0 Å². The quantitative estimate of drug-likeness (QED) is 0.676. The van der Waals surface area contributed by atoms with E-state index < -0.39 is 0 Å². The van der Waals surface area contributed by atoms with Crippen LogP contribution in [0.3, 0.4) is 0 Å². The number of thiazole rings is 1. The van der Waals surface area contributed by atoms with Crippen LogP contribution >= 0.6 is 11.3 Å². The van der Waals surface area contributed by atoms with Crippen LogP contribution < -0.4 is 0 Å². The van der Waals surface area contributed by atoms with Crippen molar-refractivity contribution in [2.24, 2.45) is 0 Å². The molecule has 0 aromatic carbocycles. The summed E-state index contributed by atoms with van der Waals surface area (Å²) in [6.45, 7) is 7.60. The summed E-state index contributed by atoms with van der Waals surface area (Å²) in [5, 5.41) is 3.03. The summed E-state index contributed by atoms with van der Waals surface area (Å²) in [5.41, 5.74) is 0. The fraction of sp³-hybridized carbons (Fsp3) is 0.667. The van der Waals surface area contributed by atoms with E-state index in [1.54, 1.807) is 17.5 Å². The predicted molar refractivity (Wildman–Crippen MR) is 53.4 cm³/mol. The third kappa shape index (κ3) is 5.27. The van der Waals surface area contributed by atoms with E-state index in [4.69, 9.17) is 4.74 Å². The smallest absolute Gasteiger partial charge is 0.118 e. The Morgan fingerprint density at radius 3 is 2.75 bits per heavy atom. The van der Waals surface area contributed by atoms with Crippen LogP contribution in [0.1, 0.15) is 32.2 Å². The van der Waals surface area contributed by atoms with Gasteiger partial charge in [-0.1, -0.05) is 20.8 Å². The lowest BCUT2D eigenvalue weighted by molar-refractivity contribution is 0.121. The highest BCUT2D eigenvalue weighted by Crippen LogP contribution is 2.04. The molecule has 0 amide bonds. The average Bonchev–Trinajstić information content (AvgIpc) is 2.61. The van der Waals surface area contributed by atoms with Gasteiger partial charge in [-0.25, -0.2) is 4.98 Å². The second kappa shape index (κ2) is 8.68. The lowest BCUT2D eigenvalue weighted by atomic mass is 10.5. The summed E-state index contributed by atoms with van der Waals surface area (Å²) in [6.07, 6.45) is 2.88. The maximum Gasteiger partial charge on any atom is 0.118 e. The molecule has 0 atom stereocenters. The summed E-state index contributed by atoms with van der Waals surface area (Å²) in [4.78, 5) is 4.08. The summed E-state index contributed by atoms with van der Waals surface area (Å²) in [5.74, 6) is 0. The summed E-state index contributed by atoms with van der Waals surface area (Å²) < 4.78 is 5.28. The van der Waals surface area contributed by atoms with Gasteiger partial charge < -0.3 is 4.74 Å². The normalized spacial score (nSPS) is 8.92. The van der Waals surface area contributed by atoms with Crippen LogP contribution in [0.4, 0.5) is 0 Å². The van der Waals surface area contributed by atoms with Crippen molar-refractivity contribution in [1.82, 2.24) is 4.98 Å². The molecule has 1 rings (SSSR count). The van der Waals surface area contributed by atoms with E-state index in [-0.39, 0.29) is 0 Å². The van der Waals surface area contributed by atoms with E-state index in [1.807, 2.05) is 19.2 Å². The maximum atomic E-state index is 5.28. The molecule has 2 nitrogen and oxygen atoms in total. The molecular formula is C9H17NOS. The van der Waals surface area contributed by atoms with Gasteiger partial charge in [0.05, 0.1) is 6.61 Å². The second-order valence-electron chi connectivity index (χ2n) is 1.98. The van der Waals surface area contributed by atoms with Crippen LogP contribution in [0, 0.1) is 0 Å². The van der Waals surface area contributed by atoms with E-state index in [0.29, 0.717) is 6.61 Å². The zero-order valence-electron chi connectivity index (χ0n) is 8.04. The molecule has 0 aliphatic rings. The number of aromatic nitrogens is 1. The van der Waals surface area contributed by atoms with Crippen molar-refractivity contribution in [3.05, 3.63) is 16.6 Å². The minimum Gasteiger partial charge on any atom is -0.374 e. The second-order valence-corrected chi connectivity index (χ2v) is 2.96. The molecule has 0 spiro atoms. The van der Waals surface area contributed by atoms with Gasteiger partial charge in [0.1, 0.15) is 5.01 Å². The van der Waals surface area contributed by atoms with Crippen LogP contribution in [-0.2, 0) is 11.3 Å². The molecule has 1 aromatic heterocycles. The Morgan fingerprint density at radius 1 is 1.50 bits per heavy atom. The van der Waals surface area contributed by atoms with Gasteiger partial charge in [0, 0.05) is 18.2 Å². The minimum atomic E-state index is 0.672. The van der Waals surface area contributed by atoms with E-state index in [1.165, 1.54) is 0 Å². The summed E-state index contributed by atoms with van der Waals surface area (Å²) in [6, 6.07) is 0. The topological polar surface area (TPSA) is 22.1 Å². The zero-order chi connectivity index (χ0) is 9.23. The van der Waals surface area contributed by atoms with Gasteiger partial charge in [-0.3, -0.25) is 0 Å². The molecule has 0 radical (unpaired) electrons. The standard InChI is InChI=1S/C7H11NOS.C2H6/c1-2-4-9-6-7-8-3-5-10-7;1-2/h3,5H,2,4,6H2,1H3;1-2H3. The summed E-state index contributed by atoms with van der Waals surface area (Å²) in [7, 11) is 0. The van der Waals surface area contributed by atoms with E-state index in [9.17, 15) is 0 Å². The van der Waals surface area contributed by atoms with Crippen molar-refractivity contribution in [2.45, 2.75) is 33.8 Å². The molecule has 1 heterocycles. The molecule has 0 aliphatic heterocycles. The molecular weight excluding hydrogens is 170 g/mol. The van der Waals surface area contributed by atoms with Gasteiger partial charge in [0.2, 0.25) is 0 Å². The molecule has 12 heavy (non-hydrogen) atoms. The SMILES string of the molecule is CC.CCCOCc1nccs1. The number of ether oxygens (including phenoxy) is 1. The Hall–Kier alpha value is -0.410. The molecule has 0 bridgehead atoms. The van der Waals surface area contributed by atoms with Crippen molar-refractivity contribution in [3.63, 3.8) is 0 Å². The number of hydrogen-bond donors (Lipinski definition) is 0. The van der Waals surface area contributed by atoms with Crippen molar-refractivity contribution in [1.29, 1.82) is 0 Å². The number of hydrogen-bond acceptors (Lipinski definition) is 3. The van der Waals surface area contributed by atoms with E-state index in [0.717, 1.165) is 18.0 Å². The Labute approximate surface area is 78.6 Å². The highest BCUT2D eigenvalue weighted by atomic mass is 32.1. The predicted octanol–water partition coefficient (Wildman–Crippen LogP) is 3.10. The first-order valence-electron chi connectivity index (χ1n) is 4.39. The molecule has 70 valence electrons. The zero-order valence-corrected chi connectivity index (χ0v) is 8.86. The third-order valence-electron chi connectivity index (χ3n) is 1.06. The van der Waals surface area contributed by atoms with Crippen molar-refractivity contribution in [3.8, 4) is 0 Å². The van der Waals surface area contributed by atoms with E-state index in [2.05, 4.69) is 11.9 Å². The van der Waals surface area contributed by atoms with Gasteiger partial charge in [-0.2, -0.15) is 0 Å². The molecule has 0 fully saturated rings. The molecule has 0 aliphatic carbocycles. The fourth-order valence-electron chi connectivity index (χ4n) is 0.628. The lowest BCUT2D eigenvalue weighted by Crippen LogP contribution is -1.92. The Morgan fingerprint density at radius 2 is 2.25 bits per heavy atom. The monoisotopic (exact) mass is 187 g/mol. The van der Waals surface area contributed by atoms with Crippen LogP contribution in [0.25, 0.3) is 0 Å². The number of nitrogens with zero attached hydrogens (tertiary/aromatic N) is 1. The van der Waals surface area contributed by atoms with Crippen LogP contribution in [0.15, 0.2) is 11.6 Å². The highest BCUT2D eigenvalue weighted by Gasteiger charge is 1.92. The first-order valence-corrected chi connectivity index (χ1v) is 5.27. The largest absolute Gasteiger partial charge is 0.374 e. The molecule has 0 saturated carbocycles. The van der Waals surface area contributed by atoms with Crippen LogP contribution in [0.5, 0.6) is 0 Å². The first-order chi connectivity index (χ1) is 5.93. The summed E-state index contributed by atoms with van der Waals surface area (Å²) >= 11 is 1.64. The van der Waals surface area contributed by atoms with Gasteiger partial charge in [0.15, 0.2) is 0 Å². The first kappa shape index (κ1) is 11.6. The molecule has 0 N–H and O–H groups in total. The van der Waals surface area contributed by atoms with E-state index >= 15 is 0 Å². The van der Waals surface area contributed by atoms with Crippen LogP contribution in [-0.4, -0.2) is 11.6 Å². The Bertz CT molecular complexity index is 163. The average molecular weight is 187 g/mol. The van der Waals surface area contributed by atoms with Crippen molar-refractivity contribution >= 4 is 11.3 Å². The fourth-order valence-corrected chi connectivity index (χ4v) is 1.18. The molecule has 0 saturated heterocycles. The number of rotatable bonds is 4. The van der Waals surface area contributed by atoms with Crippen molar-refractivity contribution < 1.29 is 4.74 Å². The molecule has 3 heteroatoms. The van der Waals surface area contributed by atoms with Gasteiger partial charge >= 0.3 is 0 Å². The highest BCUT2D eigenvalue weighted by molar-refractivity contribution is 7.09. The Balaban J connectivity index is 0.000000561. The van der Waals surface area contributed by atoms with Crippen molar-refractivity contribution in [2.75, 3.05) is 6.61 Å². The third-order valence-corrected chi connectivity index (χ3v) is 1.81. The minimum absolute atomic E-state index is 0.672. The van der Waals surface area contributed by atoms with Gasteiger partial charge in [-0.15, -0.1) is 11.3 Å².